The van der Waals surface area contributed by atoms with Gasteiger partial charge in [-0.1, -0.05) is 29.8 Å². The molecule has 1 fully saturated rings. The summed E-state index contributed by atoms with van der Waals surface area (Å²) in [6.07, 6.45) is 3.36. The lowest BCUT2D eigenvalue weighted by Gasteiger charge is -2.21. The molecule has 1 amide bonds. The predicted octanol–water partition coefficient (Wildman–Crippen LogP) is 4.49. The van der Waals surface area contributed by atoms with Gasteiger partial charge in [0.15, 0.2) is 0 Å². The fourth-order valence-corrected chi connectivity index (χ4v) is 3.73. The minimum atomic E-state index is -0.275. The minimum absolute atomic E-state index is 0.0496. The van der Waals surface area contributed by atoms with Crippen LogP contribution in [0.3, 0.4) is 0 Å². The highest BCUT2D eigenvalue weighted by atomic mass is 35.5. The summed E-state index contributed by atoms with van der Waals surface area (Å²) in [6.45, 7) is 2.06. The summed E-state index contributed by atoms with van der Waals surface area (Å²) in [7, 11) is 0. The van der Waals surface area contributed by atoms with Crippen LogP contribution in [0.2, 0.25) is 5.02 Å². The van der Waals surface area contributed by atoms with Gasteiger partial charge in [0.05, 0.1) is 16.6 Å². The first-order valence-electron chi connectivity index (χ1n) is 10.2. The molecule has 0 saturated carbocycles. The molecule has 0 unspecified atom stereocenters. The van der Waals surface area contributed by atoms with Crippen LogP contribution >= 0.6 is 11.6 Å². The van der Waals surface area contributed by atoms with Crippen LogP contribution < -0.4 is 16.0 Å². The highest BCUT2D eigenvalue weighted by Gasteiger charge is 2.21. The van der Waals surface area contributed by atoms with Crippen LogP contribution in [0.5, 0.6) is 0 Å². The molecule has 6 nitrogen and oxygen atoms in total. The smallest absolute Gasteiger partial charge is 0.229 e. The molecule has 3 aromatic rings. The molecule has 4 rings (SSSR count). The van der Waals surface area contributed by atoms with Gasteiger partial charge in [0.2, 0.25) is 5.91 Å². The van der Waals surface area contributed by atoms with E-state index in [1.807, 2.05) is 24.3 Å². The quantitative estimate of drug-likeness (QED) is 0.527. The van der Waals surface area contributed by atoms with Crippen molar-refractivity contribution >= 4 is 29.1 Å². The number of nitrogens with zero attached hydrogens (tertiary/aromatic N) is 2. The summed E-state index contributed by atoms with van der Waals surface area (Å²) in [5.41, 5.74) is 2.13. The molecule has 31 heavy (non-hydrogen) atoms. The topological polar surface area (TPSA) is 78.9 Å². The van der Waals surface area contributed by atoms with E-state index in [4.69, 9.17) is 11.6 Å². The van der Waals surface area contributed by atoms with Crippen LogP contribution in [0, 0.1) is 11.7 Å². The van der Waals surface area contributed by atoms with E-state index in [1.165, 1.54) is 18.3 Å². The van der Waals surface area contributed by atoms with Crippen molar-refractivity contribution in [3.8, 4) is 11.3 Å². The van der Waals surface area contributed by atoms with E-state index in [-0.39, 0.29) is 17.6 Å². The van der Waals surface area contributed by atoms with Crippen LogP contribution in [0.15, 0.2) is 54.7 Å². The number of anilines is 2. The van der Waals surface area contributed by atoms with Gasteiger partial charge in [0.25, 0.3) is 0 Å². The third-order valence-corrected chi connectivity index (χ3v) is 5.46. The van der Waals surface area contributed by atoms with E-state index in [0.29, 0.717) is 41.0 Å². The zero-order valence-corrected chi connectivity index (χ0v) is 17.6. The molecule has 0 bridgehead atoms. The third-order valence-electron chi connectivity index (χ3n) is 5.16. The molecule has 1 saturated heterocycles. The van der Waals surface area contributed by atoms with Crippen LogP contribution in [0.4, 0.5) is 16.0 Å². The molecule has 0 spiro atoms. The lowest BCUT2D eigenvalue weighted by Crippen LogP contribution is -2.37. The lowest BCUT2D eigenvalue weighted by molar-refractivity contribution is -0.120. The molecule has 1 atom stereocenters. The first-order chi connectivity index (χ1) is 15.1. The zero-order chi connectivity index (χ0) is 21.6. The summed E-state index contributed by atoms with van der Waals surface area (Å²) in [5, 5.41) is 9.76. The molecule has 160 valence electrons. The fraction of sp³-hybridized carbons (Fsp3) is 0.261. The highest BCUT2D eigenvalue weighted by Crippen LogP contribution is 2.29. The van der Waals surface area contributed by atoms with Crippen molar-refractivity contribution < 1.29 is 9.18 Å². The average molecular weight is 440 g/mol. The summed E-state index contributed by atoms with van der Waals surface area (Å²) in [4.78, 5) is 21.4. The van der Waals surface area contributed by atoms with Gasteiger partial charge >= 0.3 is 0 Å². The van der Waals surface area contributed by atoms with Crippen LogP contribution in [0.1, 0.15) is 18.4 Å². The van der Waals surface area contributed by atoms with Crippen molar-refractivity contribution in [1.82, 2.24) is 15.3 Å². The molecule has 1 aliphatic rings. The van der Waals surface area contributed by atoms with Gasteiger partial charge < -0.3 is 16.0 Å². The minimum Gasteiger partial charge on any atom is -0.366 e. The number of amides is 1. The van der Waals surface area contributed by atoms with Gasteiger partial charge in [-0.2, -0.15) is 0 Å². The first kappa shape index (κ1) is 21.2. The van der Waals surface area contributed by atoms with Crippen molar-refractivity contribution in [2.75, 3.05) is 23.7 Å². The highest BCUT2D eigenvalue weighted by molar-refractivity contribution is 6.33. The van der Waals surface area contributed by atoms with Gasteiger partial charge in [0.1, 0.15) is 17.5 Å². The monoisotopic (exact) mass is 439 g/mol. The third kappa shape index (κ3) is 5.57. The van der Waals surface area contributed by atoms with Gasteiger partial charge in [0, 0.05) is 24.8 Å². The standard InChI is InChI=1S/C23H23ClFN5O/c24-19-14-28-22(30-23(31)16-5-3-9-26-13-16)11-18(19)20-7-2-8-21(29-20)27-12-15-4-1-6-17(25)10-15/h1-2,4,6-8,10-11,14,16,26H,3,5,9,12-13H2,(H,27,29)(H,28,30,31)/t16-/m0/s1. The summed E-state index contributed by atoms with van der Waals surface area (Å²) in [6, 6.07) is 13.7. The Labute approximate surface area is 185 Å². The second-order valence-corrected chi connectivity index (χ2v) is 7.88. The molecular formula is C23H23ClFN5O. The number of piperidine rings is 1. The number of benzene rings is 1. The molecule has 3 heterocycles. The van der Waals surface area contributed by atoms with E-state index in [2.05, 4.69) is 25.9 Å². The van der Waals surface area contributed by atoms with Crippen molar-refractivity contribution in [3.63, 3.8) is 0 Å². The molecule has 0 radical (unpaired) electrons. The number of carbonyl (C=O) groups is 1. The molecule has 2 aromatic heterocycles. The maximum atomic E-state index is 13.4. The SMILES string of the molecule is O=C(Nc1cc(-c2cccc(NCc3cccc(F)c3)n2)c(Cl)cn1)[C@H]1CCCNC1. The van der Waals surface area contributed by atoms with Gasteiger partial charge in [-0.05, 0) is 55.3 Å². The molecular weight excluding hydrogens is 417 g/mol. The van der Waals surface area contributed by atoms with E-state index in [1.54, 1.807) is 12.1 Å². The maximum absolute atomic E-state index is 13.4. The van der Waals surface area contributed by atoms with Crippen molar-refractivity contribution in [1.29, 1.82) is 0 Å². The predicted molar refractivity (Wildman–Crippen MR) is 120 cm³/mol. The Morgan fingerprint density at radius 2 is 2.06 bits per heavy atom. The molecule has 8 heteroatoms. The number of hydrogen-bond donors (Lipinski definition) is 3. The van der Waals surface area contributed by atoms with Crippen LogP contribution in [0.25, 0.3) is 11.3 Å². The number of rotatable bonds is 6. The summed E-state index contributed by atoms with van der Waals surface area (Å²) < 4.78 is 13.4. The normalized spacial score (nSPS) is 16.0. The van der Waals surface area contributed by atoms with Crippen molar-refractivity contribution in [2.45, 2.75) is 19.4 Å². The van der Waals surface area contributed by atoms with Crippen molar-refractivity contribution in [2.24, 2.45) is 5.92 Å². The van der Waals surface area contributed by atoms with Crippen LogP contribution in [-0.4, -0.2) is 29.0 Å². The van der Waals surface area contributed by atoms with Gasteiger partial charge in [-0.15, -0.1) is 0 Å². The number of hydrogen-bond acceptors (Lipinski definition) is 5. The van der Waals surface area contributed by atoms with Crippen LogP contribution in [-0.2, 0) is 11.3 Å². The number of nitrogens with one attached hydrogen (secondary N) is 3. The molecule has 3 N–H and O–H groups in total. The Bertz CT molecular complexity index is 1070. The van der Waals surface area contributed by atoms with Gasteiger partial charge in [-0.3, -0.25) is 4.79 Å². The van der Waals surface area contributed by atoms with E-state index in [9.17, 15) is 9.18 Å². The zero-order valence-electron chi connectivity index (χ0n) is 16.9. The Morgan fingerprint density at radius 3 is 2.87 bits per heavy atom. The Hall–Kier alpha value is -3.03. The Morgan fingerprint density at radius 1 is 1.19 bits per heavy atom. The number of carbonyl (C=O) groups excluding carboxylic acids is 1. The summed E-state index contributed by atoms with van der Waals surface area (Å²) in [5.74, 6) is 0.682. The van der Waals surface area contributed by atoms with E-state index >= 15 is 0 Å². The fourth-order valence-electron chi connectivity index (χ4n) is 3.53. The second-order valence-electron chi connectivity index (χ2n) is 7.47. The molecule has 1 aromatic carbocycles. The summed E-state index contributed by atoms with van der Waals surface area (Å²) >= 11 is 6.37. The maximum Gasteiger partial charge on any atom is 0.229 e. The van der Waals surface area contributed by atoms with Crippen molar-refractivity contribution in [3.05, 3.63) is 71.1 Å². The number of pyridine rings is 2. The van der Waals surface area contributed by atoms with E-state index < -0.39 is 0 Å². The lowest BCUT2D eigenvalue weighted by atomic mass is 9.99. The average Bonchev–Trinajstić information content (AvgIpc) is 2.80. The molecule has 1 aliphatic heterocycles. The number of halogens is 2. The number of aromatic nitrogens is 2. The largest absolute Gasteiger partial charge is 0.366 e. The van der Waals surface area contributed by atoms with Gasteiger partial charge in [-0.25, -0.2) is 14.4 Å². The van der Waals surface area contributed by atoms with E-state index in [0.717, 1.165) is 24.9 Å². The second kappa shape index (κ2) is 9.85. The first-order valence-corrected chi connectivity index (χ1v) is 10.6. The molecule has 0 aliphatic carbocycles. The Balaban J connectivity index is 1.48. The Kier molecular flexibility index (Phi) is 6.74.